The second-order valence-electron chi connectivity index (χ2n) is 9.11. The predicted octanol–water partition coefficient (Wildman–Crippen LogP) is 3.08. The largest absolute Gasteiger partial charge is 0.480 e. The van der Waals surface area contributed by atoms with Crippen LogP contribution in [-0.2, 0) is 9.53 Å². The minimum atomic E-state index is -1.20. The highest BCUT2D eigenvalue weighted by Crippen LogP contribution is 2.44. The molecule has 2 aromatic rings. The van der Waals surface area contributed by atoms with E-state index in [2.05, 4.69) is 23.4 Å². The summed E-state index contributed by atoms with van der Waals surface area (Å²) in [5.74, 6) is 1.44. The third-order valence-corrected chi connectivity index (χ3v) is 6.57. The van der Waals surface area contributed by atoms with Crippen molar-refractivity contribution in [2.45, 2.75) is 18.4 Å². The molecule has 2 aromatic carbocycles. The summed E-state index contributed by atoms with van der Waals surface area (Å²) in [5.41, 5.74) is 3.52. The molecule has 1 saturated heterocycles. The van der Waals surface area contributed by atoms with Gasteiger partial charge in [-0.15, -0.1) is 6.42 Å². The number of fused-ring (bicyclic) bond motifs is 3. The lowest BCUT2D eigenvalue weighted by Gasteiger charge is -2.31. The second kappa shape index (κ2) is 7.75. The van der Waals surface area contributed by atoms with Gasteiger partial charge in [-0.1, -0.05) is 54.5 Å². The van der Waals surface area contributed by atoms with Crippen LogP contribution in [-0.4, -0.2) is 61.5 Å². The van der Waals surface area contributed by atoms with Gasteiger partial charge in [0, 0.05) is 12.3 Å². The fourth-order valence-corrected chi connectivity index (χ4v) is 5.06. The Balaban J connectivity index is 1.49. The molecule has 1 fully saturated rings. The zero-order chi connectivity index (χ0) is 22.2. The fourth-order valence-electron chi connectivity index (χ4n) is 5.06. The van der Waals surface area contributed by atoms with Gasteiger partial charge in [0.25, 0.3) is 0 Å². The van der Waals surface area contributed by atoms with E-state index in [-0.39, 0.29) is 12.5 Å². The minimum absolute atomic E-state index is 0.0925. The van der Waals surface area contributed by atoms with Gasteiger partial charge in [0.15, 0.2) is 6.04 Å². The number of amides is 1. The van der Waals surface area contributed by atoms with E-state index < -0.39 is 23.5 Å². The van der Waals surface area contributed by atoms with Crippen molar-refractivity contribution in [2.24, 2.45) is 5.41 Å². The monoisotopic (exact) mass is 419 g/mol. The molecule has 0 bridgehead atoms. The van der Waals surface area contributed by atoms with Gasteiger partial charge >= 0.3 is 12.1 Å². The summed E-state index contributed by atoms with van der Waals surface area (Å²) in [4.78, 5) is 24.7. The molecule has 0 aromatic heterocycles. The van der Waals surface area contributed by atoms with Crippen molar-refractivity contribution < 1.29 is 23.9 Å². The van der Waals surface area contributed by atoms with Gasteiger partial charge < -0.3 is 19.6 Å². The van der Waals surface area contributed by atoms with E-state index in [0.29, 0.717) is 17.4 Å². The molecule has 1 amide bonds. The fraction of sp³-hybridized carbons (Fsp3) is 0.360. The van der Waals surface area contributed by atoms with E-state index in [0.717, 1.165) is 28.8 Å². The maximum absolute atomic E-state index is 12.6. The number of nitrogens with one attached hydrogen (secondary N) is 1. The van der Waals surface area contributed by atoms with Crippen molar-refractivity contribution in [3.63, 3.8) is 0 Å². The Morgan fingerprint density at radius 3 is 2.26 bits per heavy atom. The lowest BCUT2D eigenvalue weighted by Crippen LogP contribution is -2.54. The molecule has 4 rings (SSSR count). The first-order chi connectivity index (χ1) is 14.8. The van der Waals surface area contributed by atoms with Crippen LogP contribution < -0.4 is 5.32 Å². The van der Waals surface area contributed by atoms with Crippen LogP contribution in [0.15, 0.2) is 48.5 Å². The van der Waals surface area contributed by atoms with Gasteiger partial charge in [-0.2, -0.15) is 0 Å². The number of carboxylic acid groups (broad SMARTS) is 1. The Morgan fingerprint density at radius 2 is 1.77 bits per heavy atom. The Hall–Kier alpha value is -3.30. The summed E-state index contributed by atoms with van der Waals surface area (Å²) in [6.07, 6.45) is 5.53. The molecule has 2 aliphatic rings. The Morgan fingerprint density at radius 1 is 1.19 bits per heavy atom. The number of carbonyl (C=O) groups is 2. The number of likely N-dealkylation sites (tertiary alicyclic amines) is 1. The first-order valence-corrected chi connectivity index (χ1v) is 10.4. The lowest BCUT2D eigenvalue weighted by molar-refractivity contribution is -0.880. The summed E-state index contributed by atoms with van der Waals surface area (Å²) in [7, 11) is 4.01. The molecule has 2 atom stereocenters. The zero-order valence-corrected chi connectivity index (χ0v) is 17.8. The number of alkyl carbamates (subject to hydrolysis) is 1. The number of benzene rings is 2. The van der Waals surface area contributed by atoms with Crippen molar-refractivity contribution in [1.82, 2.24) is 5.32 Å². The molecule has 0 saturated carbocycles. The van der Waals surface area contributed by atoms with E-state index >= 15 is 0 Å². The molecule has 1 aliphatic heterocycles. The third kappa shape index (κ3) is 3.77. The zero-order valence-electron chi connectivity index (χ0n) is 17.8. The summed E-state index contributed by atoms with van der Waals surface area (Å²) in [5, 5.41) is 12.4. The maximum atomic E-state index is 12.6. The molecule has 2 N–H and O–H groups in total. The highest BCUT2D eigenvalue weighted by atomic mass is 16.5. The van der Waals surface area contributed by atoms with Crippen molar-refractivity contribution in [2.75, 3.05) is 33.8 Å². The molecule has 0 unspecified atom stereocenters. The Labute approximate surface area is 182 Å². The number of ether oxygens (including phenoxy) is 1. The van der Waals surface area contributed by atoms with Gasteiger partial charge in [0.05, 0.1) is 27.2 Å². The quantitative estimate of drug-likeness (QED) is 0.577. The standard InChI is InChI=1S/C25H26N2O4/c1-4-25(13-14-27(2,3)16-25)22(23(28)29)26-24(30)31-15-21-19-11-7-5-9-17(19)18-10-6-8-12-20(18)21/h1,5-12,21-22H,13-16H2,2-3H3,(H-,26,28,29,30)/p+1/t22-,25+/m0/s1. The van der Waals surface area contributed by atoms with Crippen molar-refractivity contribution in [3.05, 3.63) is 59.7 Å². The van der Waals surface area contributed by atoms with Crippen LogP contribution in [0.5, 0.6) is 0 Å². The number of quaternary nitrogens is 1. The lowest BCUT2D eigenvalue weighted by atomic mass is 9.80. The van der Waals surface area contributed by atoms with E-state index in [1.165, 1.54) is 0 Å². The average molecular weight is 420 g/mol. The van der Waals surface area contributed by atoms with E-state index in [9.17, 15) is 14.7 Å². The van der Waals surface area contributed by atoms with Gasteiger partial charge in [0.1, 0.15) is 12.0 Å². The van der Waals surface area contributed by atoms with Crippen molar-refractivity contribution >= 4 is 12.1 Å². The molecule has 31 heavy (non-hydrogen) atoms. The van der Waals surface area contributed by atoms with Crippen LogP contribution in [0.4, 0.5) is 4.79 Å². The topological polar surface area (TPSA) is 75.6 Å². The van der Waals surface area contributed by atoms with Crippen molar-refractivity contribution in [1.29, 1.82) is 0 Å². The number of carboxylic acids is 1. The van der Waals surface area contributed by atoms with Crippen LogP contribution >= 0.6 is 0 Å². The highest BCUT2D eigenvalue weighted by Gasteiger charge is 2.52. The number of hydrogen-bond acceptors (Lipinski definition) is 3. The SMILES string of the molecule is C#C[C@@]1([C@@H](NC(=O)OCC2c3ccccc3-c3ccccc32)C(=O)O)CC[N+](C)(C)C1. The molecule has 160 valence electrons. The molecule has 1 aliphatic carbocycles. The number of aliphatic carboxylic acids is 1. The Bertz CT molecular complexity index is 1030. The van der Waals surface area contributed by atoms with Gasteiger partial charge in [-0.25, -0.2) is 9.59 Å². The molecule has 0 radical (unpaired) electrons. The predicted molar refractivity (Wildman–Crippen MR) is 117 cm³/mol. The molecule has 0 spiro atoms. The first-order valence-electron chi connectivity index (χ1n) is 10.4. The highest BCUT2D eigenvalue weighted by molar-refractivity contribution is 5.82. The number of rotatable bonds is 5. The van der Waals surface area contributed by atoms with Crippen LogP contribution in [0.25, 0.3) is 11.1 Å². The van der Waals surface area contributed by atoms with Crippen LogP contribution in [0.3, 0.4) is 0 Å². The third-order valence-electron chi connectivity index (χ3n) is 6.57. The van der Waals surface area contributed by atoms with Gasteiger partial charge in [-0.05, 0) is 22.3 Å². The van der Waals surface area contributed by atoms with Crippen molar-refractivity contribution in [3.8, 4) is 23.5 Å². The van der Waals surface area contributed by atoms with Gasteiger partial charge in [-0.3, -0.25) is 0 Å². The first kappa shape index (κ1) is 21.0. The summed E-state index contributed by atoms with van der Waals surface area (Å²) in [6, 6.07) is 14.9. The van der Waals surface area contributed by atoms with E-state index in [1.54, 1.807) is 0 Å². The van der Waals surface area contributed by atoms with E-state index in [1.807, 2.05) is 50.5 Å². The normalized spacial score (nSPS) is 22.1. The molecular weight excluding hydrogens is 392 g/mol. The summed E-state index contributed by atoms with van der Waals surface area (Å²) < 4.78 is 6.15. The van der Waals surface area contributed by atoms with Gasteiger partial charge in [0.2, 0.25) is 0 Å². The average Bonchev–Trinajstić information content (AvgIpc) is 3.25. The number of hydrogen-bond donors (Lipinski definition) is 2. The Kier molecular flexibility index (Phi) is 5.24. The maximum Gasteiger partial charge on any atom is 0.407 e. The van der Waals surface area contributed by atoms with Crippen LogP contribution in [0.1, 0.15) is 23.5 Å². The van der Waals surface area contributed by atoms with E-state index in [4.69, 9.17) is 11.2 Å². The molecule has 6 nitrogen and oxygen atoms in total. The smallest absolute Gasteiger partial charge is 0.407 e. The number of nitrogens with zero attached hydrogens (tertiary/aromatic N) is 1. The minimum Gasteiger partial charge on any atom is -0.480 e. The summed E-state index contributed by atoms with van der Waals surface area (Å²) in [6.45, 7) is 1.35. The second-order valence-corrected chi connectivity index (χ2v) is 9.11. The molecular formula is C25H27N2O4+. The summed E-state index contributed by atoms with van der Waals surface area (Å²) >= 11 is 0. The van der Waals surface area contributed by atoms with Crippen LogP contribution in [0.2, 0.25) is 0 Å². The number of terminal acetylenes is 1. The molecule has 6 heteroatoms. The number of carbonyl (C=O) groups excluding carboxylic acids is 1. The molecule has 1 heterocycles. The van der Waals surface area contributed by atoms with Crippen LogP contribution in [0, 0.1) is 17.8 Å².